The van der Waals surface area contributed by atoms with Gasteiger partial charge in [-0.2, -0.15) is 0 Å². The molecule has 3 rings (SSSR count). The number of benzene rings is 2. The van der Waals surface area contributed by atoms with Crippen LogP contribution in [0.15, 0.2) is 54.6 Å². The standard InChI is InChI=1S/C24H31BO5/c1-6-27-22(26)16-21(25-29-23(2,3)24(4,5)30-25)19-12-14-20(15-13-19)28-17-18-10-8-7-9-11-18/h7-15,21H,6,16-17H2,1-5H3. The monoisotopic (exact) mass is 410 g/mol. The van der Waals surface area contributed by atoms with Crippen molar-refractivity contribution in [1.29, 1.82) is 0 Å². The molecule has 1 heterocycles. The van der Waals surface area contributed by atoms with Crippen LogP contribution in [0.1, 0.15) is 58.0 Å². The lowest BCUT2D eigenvalue weighted by Crippen LogP contribution is -2.41. The van der Waals surface area contributed by atoms with Gasteiger partial charge in [0.25, 0.3) is 0 Å². The van der Waals surface area contributed by atoms with E-state index < -0.39 is 18.3 Å². The summed E-state index contributed by atoms with van der Waals surface area (Å²) in [5.41, 5.74) is 1.12. The van der Waals surface area contributed by atoms with E-state index in [2.05, 4.69) is 0 Å². The number of hydrogen-bond donors (Lipinski definition) is 0. The highest BCUT2D eigenvalue weighted by Gasteiger charge is 2.54. The third-order valence-corrected chi connectivity index (χ3v) is 5.85. The number of ether oxygens (including phenoxy) is 2. The van der Waals surface area contributed by atoms with E-state index in [-0.39, 0.29) is 18.2 Å². The van der Waals surface area contributed by atoms with Crippen molar-refractivity contribution in [2.75, 3.05) is 6.61 Å². The summed E-state index contributed by atoms with van der Waals surface area (Å²) in [6.45, 7) is 10.7. The molecule has 0 spiro atoms. The van der Waals surface area contributed by atoms with Gasteiger partial charge >= 0.3 is 13.1 Å². The van der Waals surface area contributed by atoms with Gasteiger partial charge in [0.05, 0.1) is 24.2 Å². The summed E-state index contributed by atoms with van der Waals surface area (Å²) in [6, 6.07) is 17.8. The van der Waals surface area contributed by atoms with Crippen molar-refractivity contribution in [3.63, 3.8) is 0 Å². The number of rotatable bonds is 8. The maximum absolute atomic E-state index is 12.3. The number of carbonyl (C=O) groups excluding carboxylic acids is 1. The molecule has 1 saturated heterocycles. The van der Waals surface area contributed by atoms with Gasteiger partial charge in [0.15, 0.2) is 0 Å². The maximum Gasteiger partial charge on any atom is 0.466 e. The van der Waals surface area contributed by atoms with E-state index in [1.165, 1.54) is 0 Å². The van der Waals surface area contributed by atoms with E-state index in [1.54, 1.807) is 6.92 Å². The Bertz CT molecular complexity index is 816. The number of esters is 1. The molecular weight excluding hydrogens is 379 g/mol. The van der Waals surface area contributed by atoms with Gasteiger partial charge in [-0.1, -0.05) is 42.5 Å². The van der Waals surface area contributed by atoms with Crippen molar-refractivity contribution >= 4 is 13.1 Å². The second-order valence-electron chi connectivity index (χ2n) is 8.58. The van der Waals surface area contributed by atoms with Crippen LogP contribution in [0.2, 0.25) is 0 Å². The molecule has 0 saturated carbocycles. The van der Waals surface area contributed by atoms with Crippen LogP contribution in [0, 0.1) is 0 Å². The third kappa shape index (κ3) is 5.24. The molecule has 0 radical (unpaired) electrons. The van der Waals surface area contributed by atoms with Gasteiger partial charge in [0.2, 0.25) is 0 Å². The predicted octanol–water partition coefficient (Wildman–Crippen LogP) is 4.93. The van der Waals surface area contributed by atoms with Crippen molar-refractivity contribution in [3.05, 3.63) is 65.7 Å². The van der Waals surface area contributed by atoms with Gasteiger partial charge in [-0.25, -0.2) is 0 Å². The van der Waals surface area contributed by atoms with Gasteiger partial charge in [-0.05, 0) is 57.9 Å². The van der Waals surface area contributed by atoms with Gasteiger partial charge in [-0.3, -0.25) is 4.79 Å². The molecule has 0 aromatic heterocycles. The summed E-state index contributed by atoms with van der Waals surface area (Å²) in [4.78, 5) is 12.3. The second kappa shape index (κ2) is 9.23. The Morgan fingerprint density at radius 3 is 2.13 bits per heavy atom. The maximum atomic E-state index is 12.3. The summed E-state index contributed by atoms with van der Waals surface area (Å²) in [5.74, 6) is 0.237. The third-order valence-electron chi connectivity index (χ3n) is 5.85. The number of carbonyl (C=O) groups is 1. The highest BCUT2D eigenvalue weighted by Crippen LogP contribution is 2.42. The number of hydrogen-bond acceptors (Lipinski definition) is 5. The molecule has 6 heteroatoms. The van der Waals surface area contributed by atoms with Crippen LogP contribution < -0.4 is 4.74 Å². The molecule has 1 fully saturated rings. The Morgan fingerprint density at radius 2 is 1.57 bits per heavy atom. The van der Waals surface area contributed by atoms with E-state index in [4.69, 9.17) is 18.8 Å². The van der Waals surface area contributed by atoms with Gasteiger partial charge < -0.3 is 18.8 Å². The summed E-state index contributed by atoms with van der Waals surface area (Å²) >= 11 is 0. The zero-order chi connectivity index (χ0) is 21.8. The zero-order valence-corrected chi connectivity index (χ0v) is 18.5. The van der Waals surface area contributed by atoms with Gasteiger partial charge in [-0.15, -0.1) is 0 Å². The Kier molecular flexibility index (Phi) is 6.89. The fraction of sp³-hybridized carbons (Fsp3) is 0.458. The highest BCUT2D eigenvalue weighted by molar-refractivity contribution is 6.48. The minimum absolute atomic E-state index is 0.189. The molecule has 0 aliphatic carbocycles. The Balaban J connectivity index is 1.75. The summed E-state index contributed by atoms with van der Waals surface area (Å²) in [5, 5.41) is 0. The average Bonchev–Trinajstić information content (AvgIpc) is 2.93. The molecule has 5 nitrogen and oxygen atoms in total. The molecule has 1 unspecified atom stereocenters. The molecule has 160 valence electrons. The topological polar surface area (TPSA) is 54.0 Å². The summed E-state index contributed by atoms with van der Waals surface area (Å²) < 4.78 is 23.5. The minimum Gasteiger partial charge on any atom is -0.489 e. The van der Waals surface area contributed by atoms with Crippen LogP contribution in [-0.2, 0) is 25.4 Å². The quantitative estimate of drug-likeness (QED) is 0.456. The molecule has 1 atom stereocenters. The van der Waals surface area contributed by atoms with Crippen LogP contribution in [0.3, 0.4) is 0 Å². The van der Waals surface area contributed by atoms with E-state index in [9.17, 15) is 4.79 Å². The zero-order valence-electron chi connectivity index (χ0n) is 18.5. The molecule has 30 heavy (non-hydrogen) atoms. The highest BCUT2D eigenvalue weighted by atomic mass is 16.7. The minimum atomic E-state index is -0.532. The largest absolute Gasteiger partial charge is 0.489 e. The van der Waals surface area contributed by atoms with Crippen molar-refractivity contribution in [2.45, 2.75) is 64.7 Å². The fourth-order valence-corrected chi connectivity index (χ4v) is 3.38. The van der Waals surface area contributed by atoms with Crippen LogP contribution in [0.5, 0.6) is 5.75 Å². The first-order valence-electron chi connectivity index (χ1n) is 10.5. The van der Waals surface area contributed by atoms with E-state index in [1.807, 2.05) is 82.3 Å². The van der Waals surface area contributed by atoms with Crippen molar-refractivity contribution < 1.29 is 23.6 Å². The lowest BCUT2D eigenvalue weighted by atomic mass is 9.66. The molecule has 2 aromatic rings. The van der Waals surface area contributed by atoms with Crippen molar-refractivity contribution in [2.24, 2.45) is 0 Å². The molecular formula is C24H31BO5. The van der Waals surface area contributed by atoms with Gasteiger partial charge in [0.1, 0.15) is 12.4 Å². The van der Waals surface area contributed by atoms with E-state index >= 15 is 0 Å². The smallest absolute Gasteiger partial charge is 0.466 e. The SMILES string of the molecule is CCOC(=O)CC(B1OC(C)(C)C(C)(C)O1)c1ccc(OCc2ccccc2)cc1. The first kappa shape index (κ1) is 22.4. The first-order chi connectivity index (χ1) is 14.2. The van der Waals surface area contributed by atoms with Crippen LogP contribution >= 0.6 is 0 Å². The Labute approximate surface area is 179 Å². The fourth-order valence-electron chi connectivity index (χ4n) is 3.38. The average molecular weight is 410 g/mol. The van der Waals surface area contributed by atoms with E-state index in [0.717, 1.165) is 16.9 Å². The Morgan fingerprint density at radius 1 is 0.967 bits per heavy atom. The predicted molar refractivity (Wildman–Crippen MR) is 117 cm³/mol. The molecule has 0 N–H and O–H groups in total. The lowest BCUT2D eigenvalue weighted by molar-refractivity contribution is -0.143. The lowest BCUT2D eigenvalue weighted by Gasteiger charge is -2.32. The molecule has 0 bridgehead atoms. The van der Waals surface area contributed by atoms with Crippen LogP contribution in [0.4, 0.5) is 0 Å². The molecule has 1 aliphatic rings. The van der Waals surface area contributed by atoms with Crippen LogP contribution in [-0.4, -0.2) is 30.9 Å². The van der Waals surface area contributed by atoms with Crippen molar-refractivity contribution in [3.8, 4) is 5.75 Å². The summed E-state index contributed by atoms with van der Waals surface area (Å²) in [7, 11) is -0.532. The van der Waals surface area contributed by atoms with E-state index in [0.29, 0.717) is 13.2 Å². The van der Waals surface area contributed by atoms with Gasteiger partial charge in [0, 0.05) is 5.82 Å². The molecule has 1 aliphatic heterocycles. The van der Waals surface area contributed by atoms with Crippen LogP contribution in [0.25, 0.3) is 0 Å². The summed E-state index contributed by atoms with van der Waals surface area (Å²) in [6.07, 6.45) is 0.189. The normalized spacial score (nSPS) is 18.1. The first-order valence-corrected chi connectivity index (χ1v) is 10.5. The Hall–Kier alpha value is -2.31. The second-order valence-corrected chi connectivity index (χ2v) is 8.58. The van der Waals surface area contributed by atoms with Crippen molar-refractivity contribution in [1.82, 2.24) is 0 Å². The molecule has 2 aromatic carbocycles. The molecule has 0 amide bonds.